The summed E-state index contributed by atoms with van der Waals surface area (Å²) >= 11 is 0. The molecule has 0 rings (SSSR count). The maximum absolute atomic E-state index is 8.32. The molecule has 0 aliphatic carbocycles. The number of hydrogen-bond donors (Lipinski definition) is 2. The van der Waals surface area contributed by atoms with Crippen molar-refractivity contribution in [3.8, 4) is 0 Å². The Balaban J connectivity index is 3.32. The van der Waals surface area contributed by atoms with Crippen LogP contribution in [0.3, 0.4) is 0 Å². The molecule has 5 nitrogen and oxygen atoms in total. The van der Waals surface area contributed by atoms with Crippen LogP contribution in [0, 0.1) is 0 Å². The predicted molar refractivity (Wildman–Crippen MR) is 56.6 cm³/mol. The molecule has 3 N–H and O–H groups in total. The average molecular weight is 203 g/mol. The highest BCUT2D eigenvalue weighted by Gasteiger charge is 1.99. The molecular weight excluding hydrogens is 182 g/mol. The Kier molecular flexibility index (Phi) is 8.27. The van der Waals surface area contributed by atoms with E-state index in [-0.39, 0.29) is 5.84 Å². The molecule has 0 radical (unpaired) electrons. The van der Waals surface area contributed by atoms with Crippen LogP contribution in [0.25, 0.3) is 0 Å². The highest BCUT2D eigenvalue weighted by Crippen LogP contribution is 1.91. The van der Waals surface area contributed by atoms with E-state index < -0.39 is 0 Å². The van der Waals surface area contributed by atoms with E-state index in [0.29, 0.717) is 6.42 Å². The maximum Gasteiger partial charge on any atom is 0.140 e. The Bertz CT molecular complexity index is 162. The van der Waals surface area contributed by atoms with Gasteiger partial charge in [0.1, 0.15) is 5.84 Å². The van der Waals surface area contributed by atoms with E-state index in [4.69, 9.17) is 15.7 Å². The highest BCUT2D eigenvalue weighted by molar-refractivity contribution is 5.79. The van der Waals surface area contributed by atoms with Crippen LogP contribution < -0.4 is 5.73 Å². The van der Waals surface area contributed by atoms with Gasteiger partial charge < -0.3 is 20.6 Å². The summed E-state index contributed by atoms with van der Waals surface area (Å²) in [5.74, 6) is 0.279. The fourth-order valence-corrected chi connectivity index (χ4v) is 1.05. The molecule has 0 bridgehead atoms. The molecule has 0 aromatic rings. The lowest BCUT2D eigenvalue weighted by Crippen LogP contribution is -2.26. The van der Waals surface area contributed by atoms with Crippen LogP contribution in [-0.4, -0.2) is 49.3 Å². The lowest BCUT2D eigenvalue weighted by atomic mass is 10.3. The van der Waals surface area contributed by atoms with E-state index in [9.17, 15) is 0 Å². The molecule has 0 amide bonds. The zero-order valence-corrected chi connectivity index (χ0v) is 9.07. The molecule has 0 saturated heterocycles. The van der Waals surface area contributed by atoms with Gasteiger partial charge in [0, 0.05) is 32.7 Å². The van der Waals surface area contributed by atoms with E-state index in [1.165, 1.54) is 0 Å². The summed E-state index contributed by atoms with van der Waals surface area (Å²) in [5.41, 5.74) is 5.35. The Hall–Kier alpha value is -0.810. The summed E-state index contributed by atoms with van der Waals surface area (Å²) in [6.45, 7) is 5.33. The van der Waals surface area contributed by atoms with Crippen molar-refractivity contribution in [2.24, 2.45) is 10.9 Å². The fourth-order valence-electron chi connectivity index (χ4n) is 1.05. The van der Waals surface area contributed by atoms with Gasteiger partial charge in [-0.1, -0.05) is 5.16 Å². The molecule has 0 aromatic carbocycles. The predicted octanol–water partition coefficient (Wildman–Crippen LogP) is 0.481. The van der Waals surface area contributed by atoms with Crippen molar-refractivity contribution in [1.29, 1.82) is 0 Å². The molecule has 0 atom stereocenters. The molecule has 0 aromatic heterocycles. The number of hydrogen-bond acceptors (Lipinski definition) is 4. The summed E-state index contributed by atoms with van der Waals surface area (Å²) in [5, 5.41) is 11.2. The minimum absolute atomic E-state index is 0.279. The van der Waals surface area contributed by atoms with Gasteiger partial charge in [0.2, 0.25) is 0 Å². The number of rotatable bonds is 8. The van der Waals surface area contributed by atoms with Gasteiger partial charge in [-0.25, -0.2) is 0 Å². The van der Waals surface area contributed by atoms with Crippen molar-refractivity contribution < 1.29 is 9.94 Å². The maximum atomic E-state index is 8.32. The lowest BCUT2D eigenvalue weighted by molar-refractivity contribution is 0.136. The number of ether oxygens (including phenoxy) is 1. The molecular formula is C9H21N3O2. The minimum Gasteiger partial charge on any atom is -0.409 e. The van der Waals surface area contributed by atoms with Crippen LogP contribution >= 0.6 is 0 Å². The Labute approximate surface area is 85.5 Å². The number of amidine groups is 1. The van der Waals surface area contributed by atoms with E-state index in [1.807, 2.05) is 14.0 Å². The number of nitrogens with two attached hydrogens (primary N) is 1. The summed E-state index contributed by atoms with van der Waals surface area (Å²) in [7, 11) is 2.01. The van der Waals surface area contributed by atoms with Crippen molar-refractivity contribution in [2.75, 3.05) is 33.4 Å². The highest BCUT2D eigenvalue weighted by atomic mass is 16.5. The average Bonchev–Trinajstić information content (AvgIpc) is 2.21. The van der Waals surface area contributed by atoms with Gasteiger partial charge >= 0.3 is 0 Å². The monoisotopic (exact) mass is 203 g/mol. The van der Waals surface area contributed by atoms with Crippen LogP contribution in [0.2, 0.25) is 0 Å². The van der Waals surface area contributed by atoms with E-state index in [2.05, 4.69) is 10.1 Å². The molecule has 0 unspecified atom stereocenters. The number of oxime groups is 1. The first-order valence-corrected chi connectivity index (χ1v) is 4.93. The van der Waals surface area contributed by atoms with Crippen molar-refractivity contribution in [2.45, 2.75) is 19.8 Å². The van der Waals surface area contributed by atoms with Crippen molar-refractivity contribution in [1.82, 2.24) is 4.90 Å². The van der Waals surface area contributed by atoms with Crippen LogP contribution in [0.1, 0.15) is 19.8 Å². The van der Waals surface area contributed by atoms with Crippen molar-refractivity contribution in [3.63, 3.8) is 0 Å². The lowest BCUT2D eigenvalue weighted by Gasteiger charge is -2.15. The van der Waals surface area contributed by atoms with Gasteiger partial charge in [0.15, 0.2) is 0 Å². The molecule has 0 saturated carbocycles. The third-order valence-corrected chi connectivity index (χ3v) is 1.91. The third-order valence-electron chi connectivity index (χ3n) is 1.91. The molecule has 0 fully saturated rings. The summed E-state index contributed by atoms with van der Waals surface area (Å²) in [6.07, 6.45) is 1.61. The Morgan fingerprint density at radius 3 is 2.79 bits per heavy atom. The molecule has 0 aliphatic rings. The second-order valence-electron chi connectivity index (χ2n) is 3.20. The summed E-state index contributed by atoms with van der Waals surface area (Å²) in [4.78, 5) is 2.14. The van der Waals surface area contributed by atoms with Gasteiger partial charge in [0.05, 0.1) is 0 Å². The third kappa shape index (κ3) is 7.82. The molecule has 0 aliphatic heterocycles. The molecule has 0 heterocycles. The van der Waals surface area contributed by atoms with Gasteiger partial charge in [-0.15, -0.1) is 0 Å². The van der Waals surface area contributed by atoms with Gasteiger partial charge in [0.25, 0.3) is 0 Å². The second-order valence-corrected chi connectivity index (χ2v) is 3.20. The SMILES string of the molecule is CCOCCCN(C)CCC(N)=NO. The van der Waals surface area contributed by atoms with Crippen molar-refractivity contribution in [3.05, 3.63) is 0 Å². The van der Waals surface area contributed by atoms with Gasteiger partial charge in [-0.2, -0.15) is 0 Å². The zero-order valence-electron chi connectivity index (χ0n) is 9.07. The Morgan fingerprint density at radius 2 is 2.21 bits per heavy atom. The van der Waals surface area contributed by atoms with Crippen LogP contribution in [0.4, 0.5) is 0 Å². The molecule has 14 heavy (non-hydrogen) atoms. The number of nitrogens with zero attached hydrogens (tertiary/aromatic N) is 2. The van der Waals surface area contributed by atoms with E-state index in [0.717, 1.165) is 32.7 Å². The fraction of sp³-hybridized carbons (Fsp3) is 0.889. The summed E-state index contributed by atoms with van der Waals surface area (Å²) < 4.78 is 5.22. The first-order chi connectivity index (χ1) is 6.70. The minimum atomic E-state index is 0.279. The molecule has 0 spiro atoms. The van der Waals surface area contributed by atoms with E-state index >= 15 is 0 Å². The standard InChI is InChI=1S/C9H21N3O2/c1-3-14-8-4-6-12(2)7-5-9(10)11-13/h13H,3-8H2,1-2H3,(H2,10,11). The smallest absolute Gasteiger partial charge is 0.140 e. The van der Waals surface area contributed by atoms with Crippen LogP contribution in [0.5, 0.6) is 0 Å². The first kappa shape index (κ1) is 13.2. The zero-order chi connectivity index (χ0) is 10.8. The molecule has 5 heteroatoms. The summed E-state index contributed by atoms with van der Waals surface area (Å²) in [6, 6.07) is 0. The molecule has 84 valence electrons. The quantitative estimate of drug-likeness (QED) is 0.198. The van der Waals surface area contributed by atoms with Gasteiger partial charge in [-0.3, -0.25) is 0 Å². The first-order valence-electron chi connectivity index (χ1n) is 4.93. The van der Waals surface area contributed by atoms with Gasteiger partial charge in [-0.05, 0) is 20.4 Å². The normalized spacial score (nSPS) is 12.4. The van der Waals surface area contributed by atoms with Crippen LogP contribution in [-0.2, 0) is 4.74 Å². The van der Waals surface area contributed by atoms with Crippen LogP contribution in [0.15, 0.2) is 5.16 Å². The topological polar surface area (TPSA) is 71.1 Å². The largest absolute Gasteiger partial charge is 0.409 e. The van der Waals surface area contributed by atoms with Crippen molar-refractivity contribution >= 4 is 5.84 Å². The second kappa shape index (κ2) is 8.77. The Morgan fingerprint density at radius 1 is 1.50 bits per heavy atom. The van der Waals surface area contributed by atoms with E-state index in [1.54, 1.807) is 0 Å².